The zero-order valence-electron chi connectivity index (χ0n) is 9.26. The summed E-state index contributed by atoms with van der Waals surface area (Å²) in [5.74, 6) is 0. The summed E-state index contributed by atoms with van der Waals surface area (Å²) in [5.41, 5.74) is 0.424. The third-order valence-corrected chi connectivity index (χ3v) is 2.91. The van der Waals surface area contributed by atoms with Gasteiger partial charge in [0.25, 0.3) is 0 Å². The van der Waals surface area contributed by atoms with E-state index in [0.29, 0.717) is 13.1 Å². The van der Waals surface area contributed by atoms with Crippen molar-refractivity contribution in [3.05, 3.63) is 34.9 Å². The van der Waals surface area contributed by atoms with Crippen LogP contribution in [0.4, 0.5) is 0 Å². The lowest BCUT2D eigenvalue weighted by Crippen LogP contribution is -2.36. The topological polar surface area (TPSA) is 32.3 Å². The summed E-state index contributed by atoms with van der Waals surface area (Å²) in [6.45, 7) is 5.06. The molecular formula is C12H18ClNO. The van der Waals surface area contributed by atoms with Crippen LogP contribution in [0, 0.1) is 0 Å². The quantitative estimate of drug-likeness (QED) is 0.811. The number of halogens is 1. The molecule has 0 fully saturated rings. The standard InChI is InChI=1S/C12H18ClNO/c1-3-12(2,15)9-14-8-10-6-4-5-7-11(10)13/h4-7,14-15H,3,8-9H2,1-2H3. The van der Waals surface area contributed by atoms with Crippen LogP contribution in [0.5, 0.6) is 0 Å². The van der Waals surface area contributed by atoms with Gasteiger partial charge >= 0.3 is 0 Å². The van der Waals surface area contributed by atoms with Gasteiger partial charge in [0, 0.05) is 18.1 Å². The molecule has 3 heteroatoms. The van der Waals surface area contributed by atoms with E-state index in [4.69, 9.17) is 11.6 Å². The Morgan fingerprint density at radius 2 is 2.07 bits per heavy atom. The van der Waals surface area contributed by atoms with Crippen molar-refractivity contribution in [1.29, 1.82) is 0 Å². The third kappa shape index (κ3) is 4.20. The maximum absolute atomic E-state index is 9.78. The van der Waals surface area contributed by atoms with Crippen LogP contribution < -0.4 is 5.32 Å². The summed E-state index contributed by atoms with van der Waals surface area (Å²) < 4.78 is 0. The molecule has 1 atom stereocenters. The molecule has 2 N–H and O–H groups in total. The Morgan fingerprint density at radius 3 is 2.67 bits per heavy atom. The molecule has 0 saturated heterocycles. The first-order valence-electron chi connectivity index (χ1n) is 5.21. The number of aliphatic hydroxyl groups is 1. The Balaban J connectivity index is 2.42. The van der Waals surface area contributed by atoms with E-state index in [1.807, 2.05) is 38.1 Å². The summed E-state index contributed by atoms with van der Waals surface area (Å²) in [4.78, 5) is 0. The SMILES string of the molecule is CCC(C)(O)CNCc1ccccc1Cl. The number of benzene rings is 1. The van der Waals surface area contributed by atoms with Gasteiger partial charge in [-0.3, -0.25) is 0 Å². The second-order valence-corrected chi connectivity index (χ2v) is 4.45. The fraction of sp³-hybridized carbons (Fsp3) is 0.500. The molecule has 0 aliphatic heterocycles. The number of nitrogens with one attached hydrogen (secondary N) is 1. The first-order valence-corrected chi connectivity index (χ1v) is 5.59. The van der Waals surface area contributed by atoms with E-state index in [1.165, 1.54) is 0 Å². The van der Waals surface area contributed by atoms with Crippen LogP contribution >= 0.6 is 11.6 Å². The van der Waals surface area contributed by atoms with Crippen LogP contribution in [0.15, 0.2) is 24.3 Å². The smallest absolute Gasteiger partial charge is 0.0741 e. The molecule has 1 aromatic carbocycles. The molecule has 0 spiro atoms. The summed E-state index contributed by atoms with van der Waals surface area (Å²) >= 11 is 6.01. The predicted octanol–water partition coefficient (Wildman–Crippen LogP) is 2.59. The number of hydrogen-bond acceptors (Lipinski definition) is 2. The Kier molecular flexibility index (Phi) is 4.58. The van der Waals surface area contributed by atoms with Gasteiger partial charge in [0.15, 0.2) is 0 Å². The van der Waals surface area contributed by atoms with E-state index in [2.05, 4.69) is 5.32 Å². The summed E-state index contributed by atoms with van der Waals surface area (Å²) in [7, 11) is 0. The molecule has 1 rings (SSSR count). The second kappa shape index (κ2) is 5.50. The molecule has 0 aliphatic rings. The van der Waals surface area contributed by atoms with Crippen LogP contribution in [0.1, 0.15) is 25.8 Å². The zero-order valence-corrected chi connectivity index (χ0v) is 10.0. The zero-order chi connectivity index (χ0) is 11.3. The van der Waals surface area contributed by atoms with Crippen LogP contribution in [0.2, 0.25) is 5.02 Å². The molecular weight excluding hydrogens is 210 g/mol. The summed E-state index contributed by atoms with van der Waals surface area (Å²) in [5, 5.41) is 13.7. The van der Waals surface area contributed by atoms with Crippen molar-refractivity contribution >= 4 is 11.6 Å². The molecule has 0 heterocycles. The van der Waals surface area contributed by atoms with Crippen LogP contribution in [0.25, 0.3) is 0 Å². The van der Waals surface area contributed by atoms with Crippen LogP contribution in [-0.2, 0) is 6.54 Å². The number of hydrogen-bond donors (Lipinski definition) is 2. The van der Waals surface area contributed by atoms with Crippen molar-refractivity contribution in [2.24, 2.45) is 0 Å². The highest BCUT2D eigenvalue weighted by Gasteiger charge is 2.16. The van der Waals surface area contributed by atoms with Crippen LogP contribution in [-0.4, -0.2) is 17.3 Å². The van der Waals surface area contributed by atoms with Crippen molar-refractivity contribution in [3.63, 3.8) is 0 Å². The van der Waals surface area contributed by atoms with Crippen molar-refractivity contribution in [3.8, 4) is 0 Å². The monoisotopic (exact) mass is 227 g/mol. The maximum atomic E-state index is 9.78. The molecule has 0 amide bonds. The van der Waals surface area contributed by atoms with Gasteiger partial charge in [-0.2, -0.15) is 0 Å². The average molecular weight is 228 g/mol. The van der Waals surface area contributed by atoms with Gasteiger partial charge in [0.1, 0.15) is 0 Å². The lowest BCUT2D eigenvalue weighted by Gasteiger charge is -2.21. The fourth-order valence-corrected chi connectivity index (χ4v) is 1.44. The second-order valence-electron chi connectivity index (χ2n) is 4.05. The van der Waals surface area contributed by atoms with Crippen molar-refractivity contribution in [2.75, 3.05) is 6.54 Å². The molecule has 0 saturated carbocycles. The van der Waals surface area contributed by atoms with E-state index in [9.17, 15) is 5.11 Å². The lowest BCUT2D eigenvalue weighted by atomic mass is 10.0. The van der Waals surface area contributed by atoms with Gasteiger partial charge in [-0.05, 0) is 25.0 Å². The van der Waals surface area contributed by atoms with Crippen LogP contribution in [0.3, 0.4) is 0 Å². The minimum atomic E-state index is -0.638. The summed E-state index contributed by atoms with van der Waals surface area (Å²) in [6.07, 6.45) is 0.739. The van der Waals surface area contributed by atoms with Crippen molar-refractivity contribution in [2.45, 2.75) is 32.4 Å². The van der Waals surface area contributed by atoms with Gasteiger partial charge < -0.3 is 10.4 Å². The average Bonchev–Trinajstić information content (AvgIpc) is 2.21. The molecule has 15 heavy (non-hydrogen) atoms. The van der Waals surface area contributed by atoms with Gasteiger partial charge in [0.2, 0.25) is 0 Å². The molecule has 1 unspecified atom stereocenters. The van der Waals surface area contributed by atoms with Gasteiger partial charge in [-0.25, -0.2) is 0 Å². The van der Waals surface area contributed by atoms with E-state index in [-0.39, 0.29) is 0 Å². The number of rotatable bonds is 5. The Labute approximate surface area is 96.3 Å². The molecule has 0 aromatic heterocycles. The first kappa shape index (κ1) is 12.5. The molecule has 0 bridgehead atoms. The van der Waals surface area contributed by atoms with Gasteiger partial charge in [-0.1, -0.05) is 36.7 Å². The van der Waals surface area contributed by atoms with E-state index >= 15 is 0 Å². The highest BCUT2D eigenvalue weighted by molar-refractivity contribution is 6.31. The molecule has 0 radical (unpaired) electrons. The minimum Gasteiger partial charge on any atom is -0.389 e. The largest absolute Gasteiger partial charge is 0.389 e. The predicted molar refractivity (Wildman–Crippen MR) is 64.1 cm³/mol. The van der Waals surface area contributed by atoms with E-state index in [0.717, 1.165) is 17.0 Å². The molecule has 84 valence electrons. The van der Waals surface area contributed by atoms with Gasteiger partial charge in [-0.15, -0.1) is 0 Å². The Morgan fingerprint density at radius 1 is 1.40 bits per heavy atom. The van der Waals surface area contributed by atoms with Crippen molar-refractivity contribution < 1.29 is 5.11 Å². The fourth-order valence-electron chi connectivity index (χ4n) is 1.23. The lowest BCUT2D eigenvalue weighted by molar-refractivity contribution is 0.0555. The summed E-state index contributed by atoms with van der Waals surface area (Å²) in [6, 6.07) is 7.72. The Hall–Kier alpha value is -0.570. The normalized spacial score (nSPS) is 14.9. The van der Waals surface area contributed by atoms with E-state index < -0.39 is 5.60 Å². The maximum Gasteiger partial charge on any atom is 0.0741 e. The first-order chi connectivity index (χ1) is 7.05. The van der Waals surface area contributed by atoms with Gasteiger partial charge in [0.05, 0.1) is 5.60 Å². The third-order valence-electron chi connectivity index (χ3n) is 2.54. The molecule has 2 nitrogen and oxygen atoms in total. The van der Waals surface area contributed by atoms with E-state index in [1.54, 1.807) is 0 Å². The highest BCUT2D eigenvalue weighted by Crippen LogP contribution is 2.14. The Bertz CT molecular complexity index is 312. The highest BCUT2D eigenvalue weighted by atomic mass is 35.5. The van der Waals surface area contributed by atoms with Crippen molar-refractivity contribution in [1.82, 2.24) is 5.32 Å². The molecule has 1 aromatic rings. The minimum absolute atomic E-state index is 0.578. The molecule has 0 aliphatic carbocycles.